The zero-order valence-electron chi connectivity index (χ0n) is 14.0. The summed E-state index contributed by atoms with van der Waals surface area (Å²) in [4.78, 5) is 8.79. The van der Waals surface area contributed by atoms with Crippen molar-refractivity contribution in [3.63, 3.8) is 0 Å². The summed E-state index contributed by atoms with van der Waals surface area (Å²) in [5.74, 6) is 0.498. The van der Waals surface area contributed by atoms with Crippen LogP contribution in [0.1, 0.15) is 13.3 Å². The lowest BCUT2D eigenvalue weighted by Crippen LogP contribution is -2.51. The Morgan fingerprint density at radius 3 is 2.58 bits per heavy atom. The first-order valence-electron chi connectivity index (χ1n) is 8.37. The Bertz CT molecular complexity index is 587. The van der Waals surface area contributed by atoms with Gasteiger partial charge in [-0.1, -0.05) is 11.6 Å². The SMILES string of the molecule is CC1OCCC1(O)CN=C(N)N1CCN(c2ccc(Cl)cc2)CC1. The lowest BCUT2D eigenvalue weighted by atomic mass is 9.97. The molecule has 3 N–H and O–H groups in total. The maximum Gasteiger partial charge on any atom is 0.191 e. The summed E-state index contributed by atoms with van der Waals surface area (Å²) in [6, 6.07) is 7.88. The van der Waals surface area contributed by atoms with Crippen LogP contribution in [0.2, 0.25) is 5.02 Å². The minimum Gasteiger partial charge on any atom is -0.385 e. The number of halogens is 1. The van der Waals surface area contributed by atoms with E-state index in [1.54, 1.807) is 0 Å². The number of anilines is 1. The molecule has 2 heterocycles. The highest BCUT2D eigenvalue weighted by Crippen LogP contribution is 2.26. The van der Waals surface area contributed by atoms with Gasteiger partial charge >= 0.3 is 0 Å². The highest BCUT2D eigenvalue weighted by molar-refractivity contribution is 6.30. The minimum absolute atomic E-state index is 0.198. The van der Waals surface area contributed by atoms with Crippen LogP contribution in [0.5, 0.6) is 0 Å². The van der Waals surface area contributed by atoms with Crippen molar-refractivity contribution >= 4 is 23.2 Å². The van der Waals surface area contributed by atoms with E-state index in [9.17, 15) is 5.11 Å². The third-order valence-electron chi connectivity index (χ3n) is 4.97. The number of rotatable bonds is 3. The Balaban J connectivity index is 1.54. The van der Waals surface area contributed by atoms with E-state index in [0.717, 1.165) is 31.2 Å². The topological polar surface area (TPSA) is 74.3 Å². The molecule has 2 atom stereocenters. The van der Waals surface area contributed by atoms with E-state index in [0.29, 0.717) is 19.0 Å². The van der Waals surface area contributed by atoms with Gasteiger partial charge in [-0.05, 0) is 31.2 Å². The van der Waals surface area contributed by atoms with Gasteiger partial charge in [0.1, 0.15) is 5.60 Å². The zero-order valence-corrected chi connectivity index (χ0v) is 14.7. The van der Waals surface area contributed by atoms with Crippen LogP contribution in [0.15, 0.2) is 29.3 Å². The van der Waals surface area contributed by atoms with Gasteiger partial charge in [0, 0.05) is 49.9 Å². The van der Waals surface area contributed by atoms with Crippen molar-refractivity contribution in [1.82, 2.24) is 4.90 Å². The fourth-order valence-corrected chi connectivity index (χ4v) is 3.27. The predicted octanol–water partition coefficient (Wildman–Crippen LogP) is 1.32. The lowest BCUT2D eigenvalue weighted by Gasteiger charge is -2.37. The number of aliphatic hydroxyl groups is 1. The van der Waals surface area contributed by atoms with Gasteiger partial charge in [0.15, 0.2) is 5.96 Å². The number of nitrogens with two attached hydrogens (primary N) is 1. The van der Waals surface area contributed by atoms with E-state index in [2.05, 4.69) is 14.8 Å². The maximum atomic E-state index is 10.5. The van der Waals surface area contributed by atoms with Gasteiger partial charge in [-0.2, -0.15) is 0 Å². The molecule has 0 bridgehead atoms. The standard InChI is InChI=1S/C17H25ClN4O2/c1-13-17(23,6-11-24-13)12-20-16(19)22-9-7-21(8-10-22)15-4-2-14(18)3-5-15/h2-5,13,23H,6-12H2,1H3,(H2,19,20). The van der Waals surface area contributed by atoms with Crippen LogP contribution in [0.3, 0.4) is 0 Å². The first-order chi connectivity index (χ1) is 11.5. The third-order valence-corrected chi connectivity index (χ3v) is 5.22. The van der Waals surface area contributed by atoms with E-state index < -0.39 is 5.60 Å². The van der Waals surface area contributed by atoms with E-state index in [-0.39, 0.29) is 12.6 Å². The van der Waals surface area contributed by atoms with Gasteiger partial charge in [-0.25, -0.2) is 0 Å². The Kier molecular flexibility index (Phi) is 5.18. The average Bonchev–Trinajstić information content (AvgIpc) is 2.93. The fraction of sp³-hybridized carbons (Fsp3) is 0.588. The van der Waals surface area contributed by atoms with Crippen LogP contribution < -0.4 is 10.6 Å². The van der Waals surface area contributed by atoms with Gasteiger partial charge in [-0.15, -0.1) is 0 Å². The van der Waals surface area contributed by atoms with E-state index in [1.165, 1.54) is 5.69 Å². The van der Waals surface area contributed by atoms with Crippen LogP contribution in [0, 0.1) is 0 Å². The van der Waals surface area contributed by atoms with Gasteiger partial charge in [0.25, 0.3) is 0 Å². The summed E-state index contributed by atoms with van der Waals surface area (Å²) in [6.07, 6.45) is 0.408. The molecule has 0 radical (unpaired) electrons. The monoisotopic (exact) mass is 352 g/mol. The minimum atomic E-state index is -0.893. The molecule has 6 nitrogen and oxygen atoms in total. The molecule has 0 aliphatic carbocycles. The van der Waals surface area contributed by atoms with Crippen LogP contribution in [0.25, 0.3) is 0 Å². The zero-order chi connectivity index (χ0) is 17.2. The van der Waals surface area contributed by atoms with Crippen molar-refractivity contribution in [3.8, 4) is 0 Å². The second-order valence-electron chi connectivity index (χ2n) is 6.49. The molecule has 1 aromatic rings. The lowest BCUT2D eigenvalue weighted by molar-refractivity contribution is -0.0202. The molecule has 7 heteroatoms. The molecular weight excluding hydrogens is 328 g/mol. The molecule has 2 fully saturated rings. The first kappa shape index (κ1) is 17.3. The van der Waals surface area contributed by atoms with Gasteiger partial charge in [0.05, 0.1) is 12.6 Å². The molecule has 2 saturated heterocycles. The molecule has 24 heavy (non-hydrogen) atoms. The molecule has 0 saturated carbocycles. The van der Waals surface area contributed by atoms with Gasteiger partial charge in [-0.3, -0.25) is 4.99 Å². The second kappa shape index (κ2) is 7.17. The summed E-state index contributed by atoms with van der Waals surface area (Å²) in [5, 5.41) is 11.2. The second-order valence-corrected chi connectivity index (χ2v) is 6.93. The maximum absolute atomic E-state index is 10.5. The van der Waals surface area contributed by atoms with Crippen LogP contribution >= 0.6 is 11.6 Å². The molecule has 2 aliphatic rings. The first-order valence-corrected chi connectivity index (χ1v) is 8.75. The number of benzene rings is 1. The molecule has 0 amide bonds. The van der Waals surface area contributed by atoms with Crippen LogP contribution in [0.4, 0.5) is 5.69 Å². The highest BCUT2D eigenvalue weighted by Gasteiger charge is 2.39. The Hall–Kier alpha value is -1.50. The number of nitrogens with zero attached hydrogens (tertiary/aromatic N) is 3. The molecule has 0 aromatic heterocycles. The number of hydrogen-bond donors (Lipinski definition) is 2. The third kappa shape index (κ3) is 3.77. The van der Waals surface area contributed by atoms with Crippen molar-refractivity contribution in [2.45, 2.75) is 25.0 Å². The molecule has 2 aliphatic heterocycles. The number of aliphatic imine (C=N–C) groups is 1. The Morgan fingerprint density at radius 1 is 1.33 bits per heavy atom. The largest absolute Gasteiger partial charge is 0.385 e. The highest BCUT2D eigenvalue weighted by atomic mass is 35.5. The van der Waals surface area contributed by atoms with Crippen molar-refractivity contribution < 1.29 is 9.84 Å². The van der Waals surface area contributed by atoms with Crippen LogP contribution in [-0.2, 0) is 4.74 Å². The summed E-state index contributed by atoms with van der Waals surface area (Å²) < 4.78 is 5.43. The van der Waals surface area contributed by atoms with E-state index >= 15 is 0 Å². The van der Waals surface area contributed by atoms with Crippen molar-refractivity contribution in [1.29, 1.82) is 0 Å². The molecule has 3 rings (SSSR count). The summed E-state index contributed by atoms with van der Waals surface area (Å²) in [6.45, 7) is 6.11. The molecule has 1 aromatic carbocycles. The average molecular weight is 353 g/mol. The van der Waals surface area contributed by atoms with Crippen LogP contribution in [-0.4, -0.2) is 67.0 Å². The number of hydrogen-bond acceptors (Lipinski definition) is 4. The molecule has 132 valence electrons. The molecular formula is C17H25ClN4O2. The summed E-state index contributed by atoms with van der Waals surface area (Å²) in [7, 11) is 0. The predicted molar refractivity (Wildman–Crippen MR) is 96.7 cm³/mol. The van der Waals surface area contributed by atoms with Gasteiger partial charge in [0.2, 0.25) is 0 Å². The van der Waals surface area contributed by atoms with Gasteiger partial charge < -0.3 is 25.4 Å². The Labute approximate surface area is 147 Å². The van der Waals surface area contributed by atoms with E-state index in [1.807, 2.05) is 31.2 Å². The summed E-state index contributed by atoms with van der Waals surface area (Å²) in [5.41, 5.74) is 6.40. The molecule has 2 unspecified atom stereocenters. The number of piperazine rings is 1. The smallest absolute Gasteiger partial charge is 0.191 e. The fourth-order valence-electron chi connectivity index (χ4n) is 3.14. The number of guanidine groups is 1. The van der Waals surface area contributed by atoms with Crippen molar-refractivity contribution in [3.05, 3.63) is 29.3 Å². The van der Waals surface area contributed by atoms with Crippen molar-refractivity contribution in [2.24, 2.45) is 10.7 Å². The van der Waals surface area contributed by atoms with E-state index in [4.69, 9.17) is 22.1 Å². The summed E-state index contributed by atoms with van der Waals surface area (Å²) >= 11 is 5.94. The number of ether oxygens (including phenoxy) is 1. The van der Waals surface area contributed by atoms with Crippen molar-refractivity contribution in [2.75, 3.05) is 44.2 Å². The Morgan fingerprint density at radius 2 is 2.00 bits per heavy atom. The molecule has 0 spiro atoms. The normalized spacial score (nSPS) is 28.5. The quantitative estimate of drug-likeness (QED) is 0.634.